The fourth-order valence-corrected chi connectivity index (χ4v) is 6.60. The molecule has 1 saturated carbocycles. The molecule has 0 bridgehead atoms. The number of urea groups is 1. The van der Waals surface area contributed by atoms with Gasteiger partial charge in [-0.3, -0.25) is 0 Å². The molecule has 4 aromatic rings. The molecule has 2 fully saturated rings. The van der Waals surface area contributed by atoms with Crippen molar-refractivity contribution in [3.63, 3.8) is 0 Å². The molecule has 1 aliphatic carbocycles. The summed E-state index contributed by atoms with van der Waals surface area (Å²) in [4.78, 5) is 24.0. The number of halogens is 3. The lowest BCUT2D eigenvalue weighted by atomic mass is 10.0. The Morgan fingerprint density at radius 3 is 2.43 bits per heavy atom. The third-order valence-electron chi connectivity index (χ3n) is 7.61. The zero-order valence-electron chi connectivity index (χ0n) is 24.4. The number of nitrogens with one attached hydrogen (secondary N) is 1. The number of aromatic nitrogens is 3. The Balaban J connectivity index is 1.07. The van der Waals surface area contributed by atoms with Gasteiger partial charge in [-0.05, 0) is 74.6 Å². The molecule has 2 atom stereocenters. The number of anilines is 1. The molecular formula is C32H31F3N6O2S. The molecule has 12 heteroatoms. The number of carbonyl (C=O) groups excluding carboxylic acids is 1. The van der Waals surface area contributed by atoms with Crippen LogP contribution in [0.4, 0.5) is 23.7 Å². The van der Waals surface area contributed by atoms with E-state index < -0.39 is 6.36 Å². The van der Waals surface area contributed by atoms with Gasteiger partial charge in [0.15, 0.2) is 11.0 Å². The zero-order chi connectivity index (χ0) is 31.0. The van der Waals surface area contributed by atoms with Crippen LogP contribution < -0.4 is 15.0 Å². The summed E-state index contributed by atoms with van der Waals surface area (Å²) in [7, 11) is 0. The van der Waals surface area contributed by atoms with E-state index in [1.54, 1.807) is 11.8 Å². The number of amidine groups is 1. The van der Waals surface area contributed by atoms with Crippen LogP contribution in [0.5, 0.6) is 5.75 Å². The minimum Gasteiger partial charge on any atom is -0.406 e. The van der Waals surface area contributed by atoms with Gasteiger partial charge in [-0.1, -0.05) is 53.7 Å². The molecule has 0 radical (unpaired) electrons. The molecule has 6 rings (SSSR count). The van der Waals surface area contributed by atoms with Crippen LogP contribution in [0.15, 0.2) is 72.0 Å². The first kappa shape index (κ1) is 29.7. The van der Waals surface area contributed by atoms with Crippen LogP contribution in [0.1, 0.15) is 41.0 Å². The van der Waals surface area contributed by atoms with Crippen LogP contribution in [0, 0.1) is 20.8 Å². The van der Waals surface area contributed by atoms with Crippen molar-refractivity contribution in [1.82, 2.24) is 20.1 Å². The van der Waals surface area contributed by atoms with E-state index in [4.69, 9.17) is 0 Å². The van der Waals surface area contributed by atoms with Gasteiger partial charge in [0, 0.05) is 35.5 Å². The zero-order valence-corrected chi connectivity index (χ0v) is 25.2. The highest BCUT2D eigenvalue weighted by Gasteiger charge is 2.40. The van der Waals surface area contributed by atoms with Gasteiger partial charge in [0.25, 0.3) is 0 Å². The first-order chi connectivity index (χ1) is 21.0. The molecule has 2 aliphatic rings. The van der Waals surface area contributed by atoms with E-state index in [0.29, 0.717) is 11.5 Å². The van der Waals surface area contributed by atoms with E-state index in [2.05, 4.69) is 62.9 Å². The Morgan fingerprint density at radius 2 is 1.75 bits per heavy atom. The summed E-state index contributed by atoms with van der Waals surface area (Å²) in [6.45, 7) is 7.13. The first-order valence-electron chi connectivity index (χ1n) is 14.3. The van der Waals surface area contributed by atoms with Crippen molar-refractivity contribution in [2.45, 2.75) is 51.9 Å². The van der Waals surface area contributed by atoms with Crippen LogP contribution in [0.2, 0.25) is 0 Å². The lowest BCUT2D eigenvalue weighted by Gasteiger charge is -2.32. The topological polar surface area (TPSA) is 84.6 Å². The highest BCUT2D eigenvalue weighted by molar-refractivity contribution is 8.14. The largest absolute Gasteiger partial charge is 0.573 e. The van der Waals surface area contributed by atoms with Crippen molar-refractivity contribution in [3.05, 3.63) is 89.2 Å². The average Bonchev–Trinajstić information content (AvgIpc) is 3.54. The fourth-order valence-electron chi connectivity index (χ4n) is 5.66. The van der Waals surface area contributed by atoms with Gasteiger partial charge in [0.05, 0.1) is 5.69 Å². The molecular weight excluding hydrogens is 589 g/mol. The number of ether oxygens (including phenoxy) is 1. The molecule has 2 amide bonds. The molecule has 0 spiro atoms. The predicted octanol–water partition coefficient (Wildman–Crippen LogP) is 7.32. The smallest absolute Gasteiger partial charge is 0.406 e. The molecule has 44 heavy (non-hydrogen) atoms. The predicted molar refractivity (Wildman–Crippen MR) is 166 cm³/mol. The van der Waals surface area contributed by atoms with E-state index >= 15 is 0 Å². The number of nitrogens with zero attached hydrogens (tertiary/aromatic N) is 5. The van der Waals surface area contributed by atoms with Gasteiger partial charge in [0.1, 0.15) is 12.1 Å². The third-order valence-corrected chi connectivity index (χ3v) is 8.68. The maximum atomic E-state index is 13.0. The number of rotatable bonds is 6. The maximum Gasteiger partial charge on any atom is 0.573 e. The number of amides is 2. The highest BCUT2D eigenvalue weighted by atomic mass is 32.2. The van der Waals surface area contributed by atoms with Gasteiger partial charge in [-0.15, -0.1) is 18.3 Å². The summed E-state index contributed by atoms with van der Waals surface area (Å²) < 4.78 is 42.7. The van der Waals surface area contributed by atoms with E-state index in [1.807, 2.05) is 24.3 Å². The van der Waals surface area contributed by atoms with Gasteiger partial charge in [-0.25, -0.2) is 14.5 Å². The molecule has 1 aromatic heterocycles. The number of hydrogen-bond acceptors (Lipinski definition) is 5. The molecule has 228 valence electrons. The van der Waals surface area contributed by atoms with E-state index in [9.17, 15) is 18.0 Å². The van der Waals surface area contributed by atoms with Crippen molar-refractivity contribution >= 4 is 28.6 Å². The van der Waals surface area contributed by atoms with Crippen LogP contribution in [0.3, 0.4) is 0 Å². The van der Waals surface area contributed by atoms with Gasteiger partial charge in [-0.2, -0.15) is 4.99 Å². The number of aliphatic imine (C=N–C) groups is 1. The summed E-state index contributed by atoms with van der Waals surface area (Å²) in [6, 6.07) is 17.3. The standard InChI is InChI=1S/C32H31F3N6O2S/c1-19-15-20(2)28(21(3)16-19)40-13-4-14-44-31(40)38-30(42)37-27-17-26(27)22-5-7-23(8-6-22)29-36-18-41(39-29)24-9-11-25(12-10-24)43-32(33,34)35/h5-12,15-16,18,26-27H,4,13-14,17H2,1-3H3,(H,37,42)/b38-31-. The van der Waals surface area contributed by atoms with E-state index in [-0.39, 0.29) is 23.7 Å². The summed E-state index contributed by atoms with van der Waals surface area (Å²) in [6.07, 6.45) is -1.37. The summed E-state index contributed by atoms with van der Waals surface area (Å²) in [5.74, 6) is 1.31. The third kappa shape index (κ3) is 6.75. The lowest BCUT2D eigenvalue weighted by molar-refractivity contribution is -0.274. The molecule has 1 N–H and O–H groups in total. The minimum atomic E-state index is -4.74. The second-order valence-corrected chi connectivity index (χ2v) is 12.1. The Hall–Kier alpha value is -4.32. The quantitative estimate of drug-likeness (QED) is 0.243. The van der Waals surface area contributed by atoms with Crippen molar-refractivity contribution in [2.24, 2.45) is 4.99 Å². The van der Waals surface area contributed by atoms with Gasteiger partial charge < -0.3 is 15.0 Å². The van der Waals surface area contributed by atoms with E-state index in [1.165, 1.54) is 52.0 Å². The Bertz CT molecular complexity index is 1680. The summed E-state index contributed by atoms with van der Waals surface area (Å²) >= 11 is 1.62. The molecule has 3 aromatic carbocycles. The lowest BCUT2D eigenvalue weighted by Crippen LogP contribution is -2.37. The number of hydrogen-bond donors (Lipinski definition) is 1. The number of aryl methyl sites for hydroxylation is 3. The normalized spacial score (nSPS) is 19.2. The average molecular weight is 621 g/mol. The van der Waals surface area contributed by atoms with Crippen LogP contribution in [-0.2, 0) is 0 Å². The summed E-state index contributed by atoms with van der Waals surface area (Å²) in [5.41, 5.74) is 7.16. The Labute approximate surface area is 257 Å². The second-order valence-electron chi connectivity index (χ2n) is 11.1. The van der Waals surface area contributed by atoms with Crippen LogP contribution >= 0.6 is 11.8 Å². The summed E-state index contributed by atoms with van der Waals surface area (Å²) in [5, 5.41) is 8.28. The molecule has 2 unspecified atom stereocenters. The van der Waals surface area contributed by atoms with Crippen molar-refractivity contribution in [2.75, 3.05) is 17.2 Å². The van der Waals surface area contributed by atoms with Gasteiger partial charge in [0.2, 0.25) is 0 Å². The Morgan fingerprint density at radius 1 is 1.05 bits per heavy atom. The molecule has 2 heterocycles. The van der Waals surface area contributed by atoms with Crippen molar-refractivity contribution in [3.8, 4) is 22.8 Å². The second kappa shape index (κ2) is 12.0. The SMILES string of the molecule is Cc1cc(C)c(N2CCCS/C2=N\C(=O)NC2CC2c2ccc(-c3ncn(-c4ccc(OC(F)(F)F)cc4)n3)cc2)c(C)c1. The number of benzene rings is 3. The monoisotopic (exact) mass is 620 g/mol. The minimum absolute atomic E-state index is 0.0178. The molecule has 1 saturated heterocycles. The molecule has 1 aliphatic heterocycles. The van der Waals surface area contributed by atoms with Crippen molar-refractivity contribution < 1.29 is 22.7 Å². The number of alkyl halides is 3. The van der Waals surface area contributed by atoms with Crippen LogP contribution in [0.25, 0.3) is 17.1 Å². The first-order valence-corrected chi connectivity index (χ1v) is 15.3. The number of thioether (sulfide) groups is 1. The van der Waals surface area contributed by atoms with E-state index in [0.717, 1.165) is 47.1 Å². The van der Waals surface area contributed by atoms with Crippen LogP contribution in [-0.4, -0.2) is 50.7 Å². The van der Waals surface area contributed by atoms with Gasteiger partial charge >= 0.3 is 12.4 Å². The fraction of sp³-hybridized carbons (Fsp3) is 0.312. The van der Waals surface area contributed by atoms with Crippen molar-refractivity contribution in [1.29, 1.82) is 0 Å². The Kier molecular flexibility index (Phi) is 8.10. The highest BCUT2D eigenvalue weighted by Crippen LogP contribution is 2.41. The maximum absolute atomic E-state index is 13.0. The molecule has 8 nitrogen and oxygen atoms in total. The number of carbonyl (C=O) groups is 1.